The minimum absolute atomic E-state index is 0.880. The van der Waals surface area contributed by atoms with E-state index in [-0.39, 0.29) is 0 Å². The normalized spacial score (nSPS) is 10.0. The van der Waals surface area contributed by atoms with Crippen LogP contribution >= 0.6 is 0 Å². The molecule has 0 aromatic carbocycles. The molecule has 0 bridgehead atoms. The minimum Gasteiger partial charge on any atom is -0.359 e. The third-order valence-corrected chi connectivity index (χ3v) is 1.35. The molecule has 0 atom stereocenters. The molecule has 0 aliphatic carbocycles. The Bertz CT molecular complexity index is 248. The van der Waals surface area contributed by atoms with Gasteiger partial charge in [-0.05, 0) is 12.1 Å². The predicted molar refractivity (Wildman–Crippen MR) is 38.4 cm³/mol. The van der Waals surface area contributed by atoms with Crippen LogP contribution in [-0.4, -0.2) is 15.0 Å². The summed E-state index contributed by atoms with van der Waals surface area (Å²) in [6, 6.07) is 3.91. The van der Waals surface area contributed by atoms with E-state index >= 15 is 0 Å². The lowest BCUT2D eigenvalue weighted by Crippen LogP contribution is -1.77. The van der Waals surface area contributed by atoms with E-state index in [1.165, 1.54) is 0 Å². The Morgan fingerprint density at radius 1 is 1.20 bits per heavy atom. The Labute approximate surface area is 58.1 Å². The van der Waals surface area contributed by atoms with Crippen LogP contribution in [-0.2, 0) is 0 Å². The maximum atomic E-state index is 4.07. The molecule has 2 heterocycles. The molecule has 2 aromatic rings. The number of aromatic nitrogens is 3. The summed E-state index contributed by atoms with van der Waals surface area (Å²) in [4.78, 5) is 10.1. The Morgan fingerprint density at radius 2 is 2.20 bits per heavy atom. The number of imidazole rings is 1. The van der Waals surface area contributed by atoms with Crippen molar-refractivity contribution >= 4 is 0 Å². The first-order valence-corrected chi connectivity index (χ1v) is 3.10. The van der Waals surface area contributed by atoms with Crippen molar-refractivity contribution in [3.63, 3.8) is 0 Å². The zero-order chi connectivity index (χ0) is 6.81. The summed E-state index contributed by atoms with van der Waals surface area (Å²) in [5, 5.41) is 0. The van der Waals surface area contributed by atoms with Gasteiger partial charge in [-0.15, -0.1) is 0 Å². The van der Waals surface area contributed by atoms with Gasteiger partial charge in [0.1, 0.15) is 0 Å². The molecular weight excluding hydrogens is 126 g/mol. The highest BCUT2D eigenvalue weighted by molar-refractivity contribution is 5.48. The second-order valence-electron chi connectivity index (χ2n) is 2.02. The van der Waals surface area contributed by atoms with Crippen molar-refractivity contribution in [1.82, 2.24) is 15.0 Å². The molecule has 10 heavy (non-hydrogen) atoms. The first-order valence-electron chi connectivity index (χ1n) is 3.10. The Balaban J connectivity index is 2.48. The van der Waals surface area contributed by atoms with Gasteiger partial charge in [0.25, 0.3) is 0 Å². The fourth-order valence-electron chi connectivity index (χ4n) is 0.890. The van der Waals surface area contributed by atoms with Gasteiger partial charge in [0.15, 0.2) is 5.82 Å². The zero-order valence-electron chi connectivity index (χ0n) is 5.33. The van der Waals surface area contributed by atoms with Gasteiger partial charge in [0, 0.05) is 18.6 Å². The molecular formula is C7H7N3. The van der Waals surface area contributed by atoms with Gasteiger partial charge in [0.2, 0.25) is 0 Å². The van der Waals surface area contributed by atoms with Crippen LogP contribution in [0.5, 0.6) is 0 Å². The SMILES string of the molecule is c1c[nH]c(-c2ncc[nH]2)c1. The molecule has 2 rings (SSSR count). The van der Waals surface area contributed by atoms with Crippen molar-refractivity contribution in [2.45, 2.75) is 0 Å². The average molecular weight is 133 g/mol. The maximum Gasteiger partial charge on any atom is 0.153 e. The Hall–Kier alpha value is -1.51. The molecule has 0 aliphatic heterocycles. The molecule has 0 fully saturated rings. The predicted octanol–water partition coefficient (Wildman–Crippen LogP) is 1.40. The van der Waals surface area contributed by atoms with Crippen LogP contribution in [0, 0.1) is 0 Å². The number of rotatable bonds is 1. The average Bonchev–Trinajstić information content (AvgIpc) is 2.59. The number of nitrogens with zero attached hydrogens (tertiary/aromatic N) is 1. The molecule has 2 aromatic heterocycles. The van der Waals surface area contributed by atoms with Crippen LogP contribution in [0.15, 0.2) is 30.7 Å². The lowest BCUT2D eigenvalue weighted by molar-refractivity contribution is 1.26. The number of nitrogens with one attached hydrogen (secondary N) is 2. The summed E-state index contributed by atoms with van der Waals surface area (Å²) in [7, 11) is 0. The fraction of sp³-hybridized carbons (Fsp3) is 0. The Kier molecular flexibility index (Phi) is 1.07. The molecule has 0 saturated carbocycles. The standard InChI is InChI=1S/C7H7N3/c1-2-6(8-3-1)7-9-4-5-10-7/h1-5,8H,(H,9,10). The van der Waals surface area contributed by atoms with Crippen molar-refractivity contribution in [2.75, 3.05) is 0 Å². The molecule has 50 valence electrons. The summed E-state index contributed by atoms with van der Waals surface area (Å²) in [5.41, 5.74) is 1.02. The monoisotopic (exact) mass is 133 g/mol. The molecule has 0 unspecified atom stereocenters. The molecule has 0 radical (unpaired) electrons. The van der Waals surface area contributed by atoms with Gasteiger partial charge in [-0.3, -0.25) is 0 Å². The third kappa shape index (κ3) is 0.719. The van der Waals surface area contributed by atoms with Crippen molar-refractivity contribution in [1.29, 1.82) is 0 Å². The van der Waals surface area contributed by atoms with E-state index in [0.717, 1.165) is 11.5 Å². The van der Waals surface area contributed by atoms with Gasteiger partial charge in [-0.25, -0.2) is 4.98 Å². The molecule has 0 aliphatic rings. The topological polar surface area (TPSA) is 44.5 Å². The summed E-state index contributed by atoms with van der Waals surface area (Å²) < 4.78 is 0. The van der Waals surface area contributed by atoms with E-state index in [2.05, 4.69) is 15.0 Å². The van der Waals surface area contributed by atoms with Crippen molar-refractivity contribution in [2.24, 2.45) is 0 Å². The quantitative estimate of drug-likeness (QED) is 0.606. The summed E-state index contributed by atoms with van der Waals surface area (Å²) in [6.45, 7) is 0. The van der Waals surface area contributed by atoms with E-state index < -0.39 is 0 Å². The largest absolute Gasteiger partial charge is 0.359 e. The van der Waals surface area contributed by atoms with Gasteiger partial charge < -0.3 is 9.97 Å². The van der Waals surface area contributed by atoms with E-state index in [4.69, 9.17) is 0 Å². The number of hydrogen-bond acceptors (Lipinski definition) is 1. The molecule has 2 N–H and O–H groups in total. The van der Waals surface area contributed by atoms with Crippen molar-refractivity contribution in [3.8, 4) is 11.5 Å². The maximum absolute atomic E-state index is 4.07. The smallest absolute Gasteiger partial charge is 0.153 e. The highest BCUT2D eigenvalue weighted by Crippen LogP contribution is 2.08. The van der Waals surface area contributed by atoms with Crippen LogP contribution in [0.25, 0.3) is 11.5 Å². The van der Waals surface area contributed by atoms with Crippen LogP contribution in [0.2, 0.25) is 0 Å². The van der Waals surface area contributed by atoms with E-state index in [9.17, 15) is 0 Å². The number of aromatic amines is 2. The summed E-state index contributed by atoms with van der Waals surface area (Å²) in [5.74, 6) is 0.880. The van der Waals surface area contributed by atoms with Crippen molar-refractivity contribution < 1.29 is 0 Å². The van der Waals surface area contributed by atoms with E-state index in [0.29, 0.717) is 0 Å². The Morgan fingerprint density at radius 3 is 2.80 bits per heavy atom. The molecule has 3 heteroatoms. The summed E-state index contributed by atoms with van der Waals surface area (Å²) in [6.07, 6.45) is 5.41. The highest BCUT2D eigenvalue weighted by Gasteiger charge is 1.96. The summed E-state index contributed by atoms with van der Waals surface area (Å²) >= 11 is 0. The number of hydrogen-bond donors (Lipinski definition) is 2. The van der Waals surface area contributed by atoms with Gasteiger partial charge in [0.05, 0.1) is 5.69 Å². The van der Waals surface area contributed by atoms with Gasteiger partial charge in [-0.2, -0.15) is 0 Å². The first kappa shape index (κ1) is 5.29. The minimum atomic E-state index is 0.880. The lowest BCUT2D eigenvalue weighted by Gasteiger charge is -1.86. The van der Waals surface area contributed by atoms with Crippen LogP contribution in [0.4, 0.5) is 0 Å². The number of H-pyrrole nitrogens is 2. The third-order valence-electron chi connectivity index (χ3n) is 1.35. The van der Waals surface area contributed by atoms with E-state index in [1.807, 2.05) is 18.3 Å². The molecule has 3 nitrogen and oxygen atoms in total. The first-order chi connectivity index (χ1) is 4.97. The van der Waals surface area contributed by atoms with Crippen LogP contribution in [0.1, 0.15) is 0 Å². The zero-order valence-corrected chi connectivity index (χ0v) is 5.33. The fourth-order valence-corrected chi connectivity index (χ4v) is 0.890. The van der Waals surface area contributed by atoms with Crippen molar-refractivity contribution in [3.05, 3.63) is 30.7 Å². The molecule has 0 saturated heterocycles. The molecule has 0 amide bonds. The lowest BCUT2D eigenvalue weighted by atomic mass is 10.4. The second kappa shape index (κ2) is 2.02. The van der Waals surface area contributed by atoms with E-state index in [1.54, 1.807) is 12.4 Å². The van der Waals surface area contributed by atoms with Crippen LogP contribution < -0.4 is 0 Å². The van der Waals surface area contributed by atoms with Gasteiger partial charge >= 0.3 is 0 Å². The second-order valence-corrected chi connectivity index (χ2v) is 2.02. The molecule has 0 spiro atoms. The van der Waals surface area contributed by atoms with Gasteiger partial charge in [-0.1, -0.05) is 0 Å². The highest BCUT2D eigenvalue weighted by atomic mass is 14.9. The van der Waals surface area contributed by atoms with Crippen LogP contribution in [0.3, 0.4) is 0 Å².